The van der Waals surface area contributed by atoms with Crippen LogP contribution in [-0.2, 0) is 6.73 Å². The summed E-state index contributed by atoms with van der Waals surface area (Å²) in [5, 5.41) is 8.93. The van der Waals surface area contributed by atoms with Crippen molar-refractivity contribution in [1.29, 1.82) is 0 Å². The van der Waals surface area contributed by atoms with E-state index in [1.54, 1.807) is 53.1 Å². The third-order valence-electron chi connectivity index (χ3n) is 4.78. The average molecular weight is 400 g/mol. The lowest BCUT2D eigenvalue weighted by Crippen LogP contribution is -2.22. The van der Waals surface area contributed by atoms with Crippen LogP contribution in [-0.4, -0.2) is 20.9 Å². The summed E-state index contributed by atoms with van der Waals surface area (Å²) in [6.45, 7) is 0.212. The fourth-order valence-electron chi connectivity index (χ4n) is 3.50. The van der Waals surface area contributed by atoms with Crippen molar-refractivity contribution in [3.8, 4) is 18.1 Å². The van der Waals surface area contributed by atoms with Crippen LogP contribution >= 0.6 is 23.4 Å². The van der Waals surface area contributed by atoms with Gasteiger partial charge in [-0.25, -0.2) is 4.68 Å². The molecule has 2 aromatic rings. The number of fused-ring (bicyclic) bond motifs is 1. The molecule has 7 heteroatoms. The van der Waals surface area contributed by atoms with Crippen LogP contribution in [0.2, 0.25) is 5.02 Å². The van der Waals surface area contributed by atoms with Crippen LogP contribution in [0.1, 0.15) is 29.6 Å². The number of nitrogens with one attached hydrogen (secondary N) is 1. The van der Waals surface area contributed by atoms with Crippen LogP contribution in [0.25, 0.3) is 0 Å². The van der Waals surface area contributed by atoms with E-state index < -0.39 is 0 Å². The summed E-state index contributed by atoms with van der Waals surface area (Å²) in [4.78, 5) is 12.7. The Kier molecular flexibility index (Phi) is 5.15. The zero-order valence-corrected chi connectivity index (χ0v) is 16.1. The Bertz CT molecular complexity index is 947. The number of aromatic nitrogens is 2. The van der Waals surface area contributed by atoms with Crippen molar-refractivity contribution in [3.05, 3.63) is 57.8 Å². The lowest BCUT2D eigenvalue weighted by atomic mass is 9.99. The molecule has 2 heterocycles. The summed E-state index contributed by atoms with van der Waals surface area (Å²) >= 11 is 7.54. The number of nitrogens with zero attached hydrogens (tertiary/aromatic N) is 2. The highest BCUT2D eigenvalue weighted by Crippen LogP contribution is 2.49. The number of terminal acetylenes is 1. The number of amides is 1. The van der Waals surface area contributed by atoms with Crippen molar-refractivity contribution in [3.63, 3.8) is 0 Å². The molecule has 1 aliphatic carbocycles. The number of hydrogen-bond donors (Lipinski definition) is 1. The molecule has 2 unspecified atom stereocenters. The second-order valence-electron chi connectivity index (χ2n) is 6.53. The van der Waals surface area contributed by atoms with E-state index in [0.29, 0.717) is 27.5 Å². The Hall–Kier alpha value is -2.36. The van der Waals surface area contributed by atoms with Gasteiger partial charge < -0.3 is 10.1 Å². The fraction of sp³-hybridized carbons (Fsp3) is 0.300. The standard InChI is InChI=1S/C20H18ClN3O2S/c1-2-16-17-7-4-8-18(17)27-20(16)23-19(25)13-5-3-6-15(9-13)26-12-24-11-14(21)10-22-24/h1,3,5-6,9-11,17-18H,4,7-8,12H2,(H,23,25). The number of allylic oxidation sites excluding steroid dienone is 1. The molecule has 27 heavy (non-hydrogen) atoms. The summed E-state index contributed by atoms with van der Waals surface area (Å²) in [6.07, 6.45) is 12.4. The molecule has 0 spiro atoms. The Morgan fingerprint density at radius 2 is 2.37 bits per heavy atom. The van der Waals surface area contributed by atoms with E-state index >= 15 is 0 Å². The number of rotatable bonds is 5. The molecular weight excluding hydrogens is 382 g/mol. The molecule has 1 aromatic carbocycles. The van der Waals surface area contributed by atoms with Crippen LogP contribution < -0.4 is 10.1 Å². The first-order chi connectivity index (χ1) is 13.1. The van der Waals surface area contributed by atoms with Crippen LogP contribution in [0.15, 0.2) is 47.3 Å². The van der Waals surface area contributed by atoms with Gasteiger partial charge in [0.05, 0.1) is 16.2 Å². The maximum absolute atomic E-state index is 12.7. The second-order valence-corrected chi connectivity index (χ2v) is 8.22. The van der Waals surface area contributed by atoms with Gasteiger partial charge in [-0.1, -0.05) is 30.0 Å². The van der Waals surface area contributed by atoms with E-state index in [4.69, 9.17) is 22.8 Å². The third kappa shape index (κ3) is 3.85. The first-order valence-electron chi connectivity index (χ1n) is 8.73. The lowest BCUT2D eigenvalue weighted by molar-refractivity contribution is 0.0968. The van der Waals surface area contributed by atoms with E-state index in [1.807, 2.05) is 0 Å². The van der Waals surface area contributed by atoms with Crippen molar-refractivity contribution < 1.29 is 9.53 Å². The molecule has 1 amide bonds. The van der Waals surface area contributed by atoms with Crippen molar-refractivity contribution in [2.45, 2.75) is 31.2 Å². The van der Waals surface area contributed by atoms with Crippen LogP contribution in [0.5, 0.6) is 5.75 Å². The van der Waals surface area contributed by atoms with E-state index in [1.165, 1.54) is 6.42 Å². The number of benzene rings is 1. The number of thioether (sulfide) groups is 1. The molecule has 1 saturated carbocycles. The van der Waals surface area contributed by atoms with Crippen molar-refractivity contribution in [2.24, 2.45) is 5.92 Å². The summed E-state index contributed by atoms with van der Waals surface area (Å²) < 4.78 is 7.26. The fourth-order valence-corrected chi connectivity index (χ4v) is 5.17. The molecule has 1 N–H and O–H groups in total. The number of carbonyl (C=O) groups is 1. The largest absolute Gasteiger partial charge is 0.471 e. The van der Waals surface area contributed by atoms with Gasteiger partial charge in [0.25, 0.3) is 5.91 Å². The Balaban J connectivity index is 1.44. The van der Waals surface area contributed by atoms with Gasteiger partial charge in [-0.3, -0.25) is 4.79 Å². The maximum Gasteiger partial charge on any atom is 0.256 e. The minimum Gasteiger partial charge on any atom is -0.471 e. The molecule has 1 aromatic heterocycles. The molecule has 0 radical (unpaired) electrons. The van der Waals surface area contributed by atoms with E-state index in [2.05, 4.69) is 16.3 Å². The minimum atomic E-state index is -0.183. The van der Waals surface area contributed by atoms with E-state index in [0.717, 1.165) is 23.4 Å². The summed E-state index contributed by atoms with van der Waals surface area (Å²) in [5.74, 6) is 3.60. The van der Waals surface area contributed by atoms with E-state index in [9.17, 15) is 4.79 Å². The van der Waals surface area contributed by atoms with Gasteiger partial charge in [0.15, 0.2) is 6.73 Å². The zero-order chi connectivity index (χ0) is 18.8. The van der Waals surface area contributed by atoms with Gasteiger partial charge in [-0.05, 0) is 31.0 Å². The van der Waals surface area contributed by atoms with Gasteiger partial charge >= 0.3 is 0 Å². The van der Waals surface area contributed by atoms with Crippen molar-refractivity contribution in [2.75, 3.05) is 0 Å². The molecule has 2 aliphatic rings. The Morgan fingerprint density at radius 3 is 3.15 bits per heavy atom. The molecule has 138 valence electrons. The first-order valence-corrected chi connectivity index (χ1v) is 9.99. The Morgan fingerprint density at radius 1 is 1.48 bits per heavy atom. The second kappa shape index (κ2) is 7.71. The highest BCUT2D eigenvalue weighted by Gasteiger charge is 2.38. The normalized spacial score (nSPS) is 21.0. The predicted molar refractivity (Wildman–Crippen MR) is 106 cm³/mol. The first kappa shape index (κ1) is 18.0. The molecular formula is C20H18ClN3O2S. The smallest absolute Gasteiger partial charge is 0.256 e. The Labute approximate surface area is 167 Å². The SMILES string of the molecule is C#CC1=C(NC(=O)c2cccc(OCn3cc(Cl)cn3)c2)SC2CCCC12. The molecule has 4 rings (SSSR count). The van der Waals surface area contributed by atoms with Gasteiger partial charge in [0.2, 0.25) is 0 Å². The summed E-state index contributed by atoms with van der Waals surface area (Å²) in [6, 6.07) is 7.04. The molecule has 2 atom stereocenters. The highest BCUT2D eigenvalue weighted by molar-refractivity contribution is 8.04. The number of ether oxygens (including phenoxy) is 1. The van der Waals surface area contributed by atoms with Gasteiger partial charge in [0, 0.05) is 28.5 Å². The predicted octanol–water partition coefficient (Wildman–Crippen LogP) is 4.06. The monoisotopic (exact) mass is 399 g/mol. The number of carbonyl (C=O) groups excluding carboxylic acids is 1. The quantitative estimate of drug-likeness (QED) is 0.770. The topological polar surface area (TPSA) is 56.1 Å². The minimum absolute atomic E-state index is 0.183. The third-order valence-corrected chi connectivity index (χ3v) is 6.40. The van der Waals surface area contributed by atoms with Gasteiger partial charge in [-0.2, -0.15) is 5.10 Å². The van der Waals surface area contributed by atoms with E-state index in [-0.39, 0.29) is 12.6 Å². The number of hydrogen-bond acceptors (Lipinski definition) is 4. The van der Waals surface area contributed by atoms with Crippen LogP contribution in [0.4, 0.5) is 0 Å². The molecule has 1 aliphatic heterocycles. The van der Waals surface area contributed by atoms with Crippen molar-refractivity contribution >= 4 is 29.3 Å². The van der Waals surface area contributed by atoms with Crippen LogP contribution in [0.3, 0.4) is 0 Å². The maximum atomic E-state index is 12.7. The van der Waals surface area contributed by atoms with Crippen LogP contribution in [0, 0.1) is 18.3 Å². The van der Waals surface area contributed by atoms with Gasteiger partial charge in [0.1, 0.15) is 5.75 Å². The van der Waals surface area contributed by atoms with Gasteiger partial charge in [-0.15, -0.1) is 18.2 Å². The molecule has 0 bridgehead atoms. The van der Waals surface area contributed by atoms with Crippen molar-refractivity contribution in [1.82, 2.24) is 15.1 Å². The summed E-state index contributed by atoms with van der Waals surface area (Å²) in [5.41, 5.74) is 1.46. The zero-order valence-electron chi connectivity index (χ0n) is 14.5. The highest BCUT2D eigenvalue weighted by atomic mass is 35.5. The molecule has 1 fully saturated rings. The molecule has 0 saturated heterocycles. The lowest BCUT2D eigenvalue weighted by Gasteiger charge is -2.10. The number of halogens is 1. The summed E-state index contributed by atoms with van der Waals surface area (Å²) in [7, 11) is 0. The average Bonchev–Trinajstić information content (AvgIpc) is 3.36. The molecule has 5 nitrogen and oxygen atoms in total.